The summed E-state index contributed by atoms with van der Waals surface area (Å²) < 4.78 is 5.27. The molecule has 0 radical (unpaired) electrons. The van der Waals surface area contributed by atoms with Gasteiger partial charge in [-0.2, -0.15) is 0 Å². The summed E-state index contributed by atoms with van der Waals surface area (Å²) in [5, 5.41) is 2.96. The summed E-state index contributed by atoms with van der Waals surface area (Å²) in [4.78, 5) is 11.5. The Balaban J connectivity index is 2.18. The number of ether oxygens (including phenoxy) is 1. The normalized spacial score (nSPS) is 24.3. The Morgan fingerprint density at radius 3 is 3.07 bits per heavy atom. The van der Waals surface area contributed by atoms with Crippen molar-refractivity contribution in [3.63, 3.8) is 0 Å². The highest BCUT2D eigenvalue weighted by Crippen LogP contribution is 2.07. The average Bonchev–Trinajstić information content (AvgIpc) is 2.19. The molecular weight excluding hydrogens is 180 g/mol. The Labute approximate surface area is 85.2 Å². The first-order valence-corrected chi connectivity index (χ1v) is 5.29. The molecule has 0 aliphatic carbocycles. The number of nitrogens with one attached hydrogen (secondary N) is 1. The molecule has 1 saturated heterocycles. The molecule has 1 fully saturated rings. The van der Waals surface area contributed by atoms with E-state index in [0.717, 1.165) is 19.4 Å². The molecule has 1 amide bonds. The van der Waals surface area contributed by atoms with Gasteiger partial charge in [0.25, 0.3) is 0 Å². The maximum Gasteiger partial charge on any atom is 0.220 e. The van der Waals surface area contributed by atoms with E-state index in [1.165, 1.54) is 0 Å². The maximum absolute atomic E-state index is 11.5. The third kappa shape index (κ3) is 4.07. The number of hydrogen-bond acceptors (Lipinski definition) is 3. The van der Waals surface area contributed by atoms with Gasteiger partial charge >= 0.3 is 0 Å². The predicted octanol–water partition coefficient (Wildman–Crippen LogP) is 0.267. The standard InChI is InChI=1S/C10H20N2O2/c1-8(6-11)5-10(13)12-9-3-2-4-14-7-9/h8-9H,2-7,11H2,1H3,(H,12,13). The maximum atomic E-state index is 11.5. The third-order valence-corrected chi connectivity index (χ3v) is 2.46. The zero-order valence-electron chi connectivity index (χ0n) is 8.79. The van der Waals surface area contributed by atoms with Crippen LogP contribution in [0.5, 0.6) is 0 Å². The van der Waals surface area contributed by atoms with Crippen LogP contribution in [0.4, 0.5) is 0 Å². The lowest BCUT2D eigenvalue weighted by atomic mass is 10.1. The number of carbonyl (C=O) groups excluding carboxylic acids is 1. The van der Waals surface area contributed by atoms with E-state index in [4.69, 9.17) is 10.5 Å². The molecule has 0 spiro atoms. The number of rotatable bonds is 4. The van der Waals surface area contributed by atoms with Gasteiger partial charge in [0.2, 0.25) is 5.91 Å². The van der Waals surface area contributed by atoms with E-state index < -0.39 is 0 Å². The minimum absolute atomic E-state index is 0.0958. The first-order chi connectivity index (χ1) is 6.72. The molecule has 1 heterocycles. The van der Waals surface area contributed by atoms with Gasteiger partial charge in [0.05, 0.1) is 12.6 Å². The Morgan fingerprint density at radius 2 is 2.50 bits per heavy atom. The van der Waals surface area contributed by atoms with Crippen LogP contribution in [0.25, 0.3) is 0 Å². The summed E-state index contributed by atoms with van der Waals surface area (Å²) in [5.41, 5.74) is 5.45. The Bertz CT molecular complexity index is 179. The fraction of sp³-hybridized carbons (Fsp3) is 0.900. The van der Waals surface area contributed by atoms with Crippen molar-refractivity contribution in [3.8, 4) is 0 Å². The van der Waals surface area contributed by atoms with E-state index in [9.17, 15) is 4.79 Å². The largest absolute Gasteiger partial charge is 0.379 e. The van der Waals surface area contributed by atoms with Crippen molar-refractivity contribution >= 4 is 5.91 Å². The lowest BCUT2D eigenvalue weighted by molar-refractivity contribution is -0.123. The number of nitrogens with two attached hydrogens (primary N) is 1. The van der Waals surface area contributed by atoms with Crippen molar-refractivity contribution in [1.82, 2.24) is 5.32 Å². The second-order valence-corrected chi connectivity index (χ2v) is 4.03. The molecule has 0 aromatic carbocycles. The molecule has 4 nitrogen and oxygen atoms in total. The van der Waals surface area contributed by atoms with Crippen molar-refractivity contribution in [2.75, 3.05) is 19.8 Å². The summed E-state index contributed by atoms with van der Waals surface area (Å²) in [7, 11) is 0. The van der Waals surface area contributed by atoms with Crippen molar-refractivity contribution in [2.45, 2.75) is 32.2 Å². The van der Waals surface area contributed by atoms with E-state index >= 15 is 0 Å². The Morgan fingerprint density at radius 1 is 1.71 bits per heavy atom. The zero-order valence-corrected chi connectivity index (χ0v) is 8.79. The van der Waals surface area contributed by atoms with Gasteiger partial charge in [-0.05, 0) is 25.3 Å². The van der Waals surface area contributed by atoms with Gasteiger partial charge < -0.3 is 15.8 Å². The van der Waals surface area contributed by atoms with E-state index in [0.29, 0.717) is 19.6 Å². The molecule has 2 atom stereocenters. The molecule has 0 aromatic rings. The van der Waals surface area contributed by atoms with Crippen LogP contribution in [0.1, 0.15) is 26.2 Å². The molecule has 0 aromatic heterocycles. The van der Waals surface area contributed by atoms with Gasteiger partial charge in [-0.1, -0.05) is 6.92 Å². The van der Waals surface area contributed by atoms with Crippen molar-refractivity contribution in [3.05, 3.63) is 0 Å². The molecule has 82 valence electrons. The second kappa shape index (κ2) is 5.98. The molecule has 0 bridgehead atoms. The van der Waals surface area contributed by atoms with Crippen LogP contribution < -0.4 is 11.1 Å². The second-order valence-electron chi connectivity index (χ2n) is 4.03. The predicted molar refractivity (Wildman–Crippen MR) is 54.8 cm³/mol. The molecule has 14 heavy (non-hydrogen) atoms. The van der Waals surface area contributed by atoms with Gasteiger partial charge in [-0.15, -0.1) is 0 Å². The van der Waals surface area contributed by atoms with Crippen molar-refractivity contribution in [1.29, 1.82) is 0 Å². The molecule has 1 aliphatic rings. The summed E-state index contributed by atoms with van der Waals surface area (Å²) >= 11 is 0. The Kier molecular flexibility index (Phi) is 4.90. The van der Waals surface area contributed by atoms with Crippen molar-refractivity contribution in [2.24, 2.45) is 11.7 Å². The summed E-state index contributed by atoms with van der Waals surface area (Å²) in [6, 6.07) is 0.209. The molecule has 2 unspecified atom stereocenters. The molecule has 3 N–H and O–H groups in total. The van der Waals surface area contributed by atoms with Crippen molar-refractivity contribution < 1.29 is 9.53 Å². The van der Waals surface area contributed by atoms with E-state index in [2.05, 4.69) is 5.32 Å². The lowest BCUT2D eigenvalue weighted by Crippen LogP contribution is -2.41. The highest BCUT2D eigenvalue weighted by molar-refractivity contribution is 5.76. The fourth-order valence-electron chi connectivity index (χ4n) is 1.54. The third-order valence-electron chi connectivity index (χ3n) is 2.46. The monoisotopic (exact) mass is 200 g/mol. The summed E-state index contributed by atoms with van der Waals surface area (Å²) in [5.74, 6) is 0.359. The van der Waals surface area contributed by atoms with Crippen LogP contribution in [-0.2, 0) is 9.53 Å². The van der Waals surface area contributed by atoms with Crippen LogP contribution in [-0.4, -0.2) is 31.7 Å². The first-order valence-electron chi connectivity index (χ1n) is 5.29. The number of amides is 1. The number of hydrogen-bond donors (Lipinski definition) is 2. The van der Waals surface area contributed by atoms with Crippen LogP contribution in [0.15, 0.2) is 0 Å². The summed E-state index contributed by atoms with van der Waals surface area (Å²) in [6.07, 6.45) is 2.59. The van der Waals surface area contributed by atoms with Crippen LogP contribution >= 0.6 is 0 Å². The topological polar surface area (TPSA) is 64.4 Å². The zero-order chi connectivity index (χ0) is 10.4. The summed E-state index contributed by atoms with van der Waals surface area (Å²) in [6.45, 7) is 4.03. The SMILES string of the molecule is CC(CN)CC(=O)NC1CCCOC1. The minimum Gasteiger partial charge on any atom is -0.379 e. The van der Waals surface area contributed by atoms with Crippen LogP contribution in [0.2, 0.25) is 0 Å². The first kappa shape index (κ1) is 11.5. The minimum atomic E-state index is 0.0958. The van der Waals surface area contributed by atoms with E-state index in [1.54, 1.807) is 0 Å². The van der Waals surface area contributed by atoms with E-state index in [-0.39, 0.29) is 17.9 Å². The fourth-order valence-corrected chi connectivity index (χ4v) is 1.54. The highest BCUT2D eigenvalue weighted by atomic mass is 16.5. The quantitative estimate of drug-likeness (QED) is 0.684. The van der Waals surface area contributed by atoms with Crippen LogP contribution in [0, 0.1) is 5.92 Å². The van der Waals surface area contributed by atoms with Gasteiger partial charge in [0, 0.05) is 13.0 Å². The molecule has 1 rings (SSSR count). The molecule has 4 heteroatoms. The van der Waals surface area contributed by atoms with Gasteiger partial charge in [-0.3, -0.25) is 4.79 Å². The van der Waals surface area contributed by atoms with Gasteiger partial charge in [-0.25, -0.2) is 0 Å². The molecule has 0 saturated carbocycles. The number of carbonyl (C=O) groups is 1. The van der Waals surface area contributed by atoms with Gasteiger partial charge in [0.1, 0.15) is 0 Å². The Hall–Kier alpha value is -0.610. The van der Waals surface area contributed by atoms with E-state index in [1.807, 2.05) is 6.92 Å². The van der Waals surface area contributed by atoms with Crippen LogP contribution in [0.3, 0.4) is 0 Å². The van der Waals surface area contributed by atoms with Gasteiger partial charge in [0.15, 0.2) is 0 Å². The average molecular weight is 200 g/mol. The molecule has 1 aliphatic heterocycles. The lowest BCUT2D eigenvalue weighted by Gasteiger charge is -2.23. The molecular formula is C10H20N2O2. The smallest absolute Gasteiger partial charge is 0.220 e. The highest BCUT2D eigenvalue weighted by Gasteiger charge is 2.16.